The number of anilines is 1. The van der Waals surface area contributed by atoms with Crippen LogP contribution in [0.25, 0.3) is 0 Å². The zero-order valence-corrected chi connectivity index (χ0v) is 21.6. The highest BCUT2D eigenvalue weighted by molar-refractivity contribution is 6.04. The van der Waals surface area contributed by atoms with Gasteiger partial charge in [0.05, 0.1) is 0 Å². The van der Waals surface area contributed by atoms with Gasteiger partial charge >= 0.3 is 23.9 Å². The lowest BCUT2D eigenvalue weighted by Gasteiger charge is -2.24. The quantitative estimate of drug-likeness (QED) is 0.0929. The number of carbonyl (C=O) groups is 6. The summed E-state index contributed by atoms with van der Waals surface area (Å²) in [5.41, 5.74) is 0.940. The van der Waals surface area contributed by atoms with Crippen LogP contribution in [0, 0.1) is 5.82 Å². The van der Waals surface area contributed by atoms with E-state index in [1.807, 2.05) is 5.32 Å². The minimum atomic E-state index is -1.72. The summed E-state index contributed by atoms with van der Waals surface area (Å²) >= 11 is 0. The summed E-state index contributed by atoms with van der Waals surface area (Å²) in [6, 6.07) is 6.14. The normalized spacial score (nSPS) is 12.0. The second-order valence-electron chi connectivity index (χ2n) is 8.76. The molecule has 2 aromatic carbocycles. The number of carbonyl (C=O) groups excluding carboxylic acids is 3. The number of nitrogens with zero attached hydrogens (tertiary/aromatic N) is 1. The van der Waals surface area contributed by atoms with Crippen molar-refractivity contribution in [3.05, 3.63) is 65.5 Å². The van der Waals surface area contributed by atoms with E-state index >= 15 is 0 Å². The van der Waals surface area contributed by atoms with Gasteiger partial charge in [0.1, 0.15) is 11.9 Å². The number of carboxylic acids is 3. The number of carboxylic acid groups (broad SMARTS) is 3. The number of amides is 4. The molecule has 41 heavy (non-hydrogen) atoms. The third kappa shape index (κ3) is 10.6. The topological polar surface area (TPSA) is 223 Å². The van der Waals surface area contributed by atoms with Gasteiger partial charge in [-0.05, 0) is 74.2 Å². The van der Waals surface area contributed by atoms with E-state index in [9.17, 15) is 43.5 Å². The largest absolute Gasteiger partial charge is 0.481 e. The van der Waals surface area contributed by atoms with E-state index in [2.05, 4.69) is 10.6 Å². The number of nitrogens with one attached hydrogen (secondary N) is 3. The summed E-state index contributed by atoms with van der Waals surface area (Å²) in [6.45, 7) is 0.127. The summed E-state index contributed by atoms with van der Waals surface area (Å²) in [5, 5.41) is 44.2. The van der Waals surface area contributed by atoms with Crippen molar-refractivity contribution in [2.45, 2.75) is 44.2 Å². The Morgan fingerprint density at radius 3 is 1.93 bits per heavy atom. The van der Waals surface area contributed by atoms with E-state index in [0.717, 1.165) is 12.1 Å². The number of hydroxylamine groups is 2. The first-order valence-electron chi connectivity index (χ1n) is 12.3. The fourth-order valence-corrected chi connectivity index (χ4v) is 3.51. The number of benzene rings is 2. The van der Waals surface area contributed by atoms with Crippen molar-refractivity contribution in [1.29, 1.82) is 0 Å². The van der Waals surface area contributed by atoms with E-state index in [1.54, 1.807) is 0 Å². The first-order valence-corrected chi connectivity index (χ1v) is 12.3. The molecule has 0 saturated carbocycles. The van der Waals surface area contributed by atoms with E-state index in [1.165, 1.54) is 36.4 Å². The molecule has 0 heterocycles. The Morgan fingerprint density at radius 1 is 0.780 bits per heavy atom. The van der Waals surface area contributed by atoms with Gasteiger partial charge in [-0.3, -0.25) is 19.6 Å². The van der Waals surface area contributed by atoms with Gasteiger partial charge in [0.2, 0.25) is 0 Å². The Kier molecular flexibility index (Phi) is 12.2. The molecular formula is C26H29FN4O10. The van der Waals surface area contributed by atoms with Crippen LogP contribution in [0.1, 0.15) is 52.8 Å². The van der Waals surface area contributed by atoms with Crippen molar-refractivity contribution in [3.8, 4) is 0 Å². The molecule has 15 heteroatoms. The maximum atomic E-state index is 13.0. The minimum absolute atomic E-state index is 0.127. The SMILES string of the molecule is O=C(O)CC[C@H](NC(=O)N(O)[C@@H](CCCCNC(=O)c1ccc(NC(=O)c2ccc(F)cc2)cc1)C(=O)O)C(=O)O. The Bertz CT molecular complexity index is 1250. The summed E-state index contributed by atoms with van der Waals surface area (Å²) < 4.78 is 13.0. The lowest BCUT2D eigenvalue weighted by Crippen LogP contribution is -2.52. The molecule has 0 saturated heterocycles. The highest BCUT2D eigenvalue weighted by Crippen LogP contribution is 2.13. The smallest absolute Gasteiger partial charge is 0.342 e. The zero-order chi connectivity index (χ0) is 30.5. The van der Waals surface area contributed by atoms with Crippen molar-refractivity contribution < 1.29 is 53.7 Å². The fourth-order valence-electron chi connectivity index (χ4n) is 3.51. The molecule has 2 atom stereocenters. The molecule has 0 unspecified atom stereocenters. The van der Waals surface area contributed by atoms with Gasteiger partial charge in [0.25, 0.3) is 11.8 Å². The minimum Gasteiger partial charge on any atom is -0.481 e. The van der Waals surface area contributed by atoms with Crippen LogP contribution in [-0.4, -0.2) is 80.0 Å². The molecule has 220 valence electrons. The fraction of sp³-hybridized carbons (Fsp3) is 0.308. The molecule has 0 aliphatic rings. The van der Waals surface area contributed by atoms with Gasteiger partial charge in [-0.2, -0.15) is 5.06 Å². The van der Waals surface area contributed by atoms with Crippen LogP contribution < -0.4 is 16.0 Å². The maximum absolute atomic E-state index is 13.0. The average Bonchev–Trinajstić information content (AvgIpc) is 2.92. The van der Waals surface area contributed by atoms with Gasteiger partial charge in [0.15, 0.2) is 6.04 Å². The molecule has 0 aliphatic heterocycles. The van der Waals surface area contributed by atoms with Crippen molar-refractivity contribution in [1.82, 2.24) is 15.7 Å². The van der Waals surface area contributed by atoms with Gasteiger partial charge in [0, 0.05) is 29.8 Å². The second kappa shape index (κ2) is 15.5. The monoisotopic (exact) mass is 576 g/mol. The predicted molar refractivity (Wildman–Crippen MR) is 139 cm³/mol. The molecule has 14 nitrogen and oxygen atoms in total. The average molecular weight is 577 g/mol. The van der Waals surface area contributed by atoms with Gasteiger partial charge in [-0.15, -0.1) is 0 Å². The van der Waals surface area contributed by atoms with Gasteiger partial charge < -0.3 is 31.3 Å². The zero-order valence-electron chi connectivity index (χ0n) is 21.6. The Morgan fingerprint density at radius 2 is 1.37 bits per heavy atom. The van der Waals surface area contributed by atoms with Gasteiger partial charge in [-0.25, -0.2) is 18.8 Å². The van der Waals surface area contributed by atoms with E-state index in [-0.39, 0.29) is 42.0 Å². The molecule has 2 aromatic rings. The third-order valence-corrected chi connectivity index (χ3v) is 5.73. The Labute approximate surface area is 232 Å². The van der Waals surface area contributed by atoms with Crippen LogP contribution in [-0.2, 0) is 14.4 Å². The van der Waals surface area contributed by atoms with Crippen molar-refractivity contribution in [2.75, 3.05) is 11.9 Å². The van der Waals surface area contributed by atoms with E-state index in [0.29, 0.717) is 5.69 Å². The van der Waals surface area contributed by atoms with Crippen LogP contribution in [0.2, 0.25) is 0 Å². The molecule has 2 rings (SSSR count). The third-order valence-electron chi connectivity index (χ3n) is 5.73. The number of hydrogen-bond donors (Lipinski definition) is 7. The predicted octanol–water partition coefficient (Wildman–Crippen LogP) is 2.15. The number of urea groups is 1. The van der Waals surface area contributed by atoms with Crippen molar-refractivity contribution >= 4 is 41.4 Å². The first kappa shape index (κ1) is 32.2. The molecular weight excluding hydrogens is 547 g/mol. The highest BCUT2D eigenvalue weighted by atomic mass is 19.1. The van der Waals surface area contributed by atoms with Crippen LogP contribution in [0.15, 0.2) is 48.5 Å². The van der Waals surface area contributed by atoms with E-state index in [4.69, 9.17) is 10.2 Å². The molecule has 0 aliphatic carbocycles. The summed E-state index contributed by atoms with van der Waals surface area (Å²) in [5.74, 6) is -5.79. The lowest BCUT2D eigenvalue weighted by atomic mass is 10.1. The molecule has 4 amide bonds. The number of halogens is 1. The second-order valence-corrected chi connectivity index (χ2v) is 8.76. The van der Waals surface area contributed by atoms with Crippen LogP contribution in [0.4, 0.5) is 14.9 Å². The van der Waals surface area contributed by atoms with Gasteiger partial charge in [-0.1, -0.05) is 0 Å². The van der Waals surface area contributed by atoms with Crippen molar-refractivity contribution in [3.63, 3.8) is 0 Å². The van der Waals surface area contributed by atoms with Crippen LogP contribution in [0.5, 0.6) is 0 Å². The molecule has 0 aromatic heterocycles. The molecule has 0 fully saturated rings. The van der Waals surface area contributed by atoms with E-state index < -0.39 is 66.5 Å². The summed E-state index contributed by atoms with van der Waals surface area (Å²) in [7, 11) is 0. The molecule has 0 bridgehead atoms. The van der Waals surface area contributed by atoms with Crippen LogP contribution >= 0.6 is 0 Å². The Hall–Kier alpha value is -5.05. The summed E-state index contributed by atoms with van der Waals surface area (Å²) in [4.78, 5) is 70.1. The first-order chi connectivity index (χ1) is 19.4. The highest BCUT2D eigenvalue weighted by Gasteiger charge is 2.31. The molecule has 0 spiro atoms. The molecule has 7 N–H and O–H groups in total. The number of aliphatic carboxylic acids is 3. The number of hydrogen-bond acceptors (Lipinski definition) is 7. The van der Waals surface area contributed by atoms with Crippen LogP contribution in [0.3, 0.4) is 0 Å². The van der Waals surface area contributed by atoms with Crippen molar-refractivity contribution in [2.24, 2.45) is 0 Å². The lowest BCUT2D eigenvalue weighted by molar-refractivity contribution is -0.157. The summed E-state index contributed by atoms with van der Waals surface area (Å²) in [6.07, 6.45) is -0.862. The number of rotatable bonds is 15. The Balaban J connectivity index is 1.79. The molecule has 0 radical (unpaired) electrons. The maximum Gasteiger partial charge on any atom is 0.342 e. The standard InChI is InChI=1S/C26H29FN4O10/c27-17-8-4-16(5-9-17)23(35)29-18-10-6-15(7-11-18)22(34)28-14-2-1-3-20(25(38)39)31(41)26(40)30-19(24(36)37)12-13-21(32)33/h4-11,19-20,41H,1-3,12-14H2,(H,28,34)(H,29,35)(H,30,40)(H,32,33)(H,36,37)(H,38,39)/t19-,20-/m0/s1. The number of unbranched alkanes of at least 4 members (excludes halogenated alkanes) is 1.